The lowest BCUT2D eigenvalue weighted by atomic mass is 9.58. The monoisotopic (exact) mass is 479 g/mol. The van der Waals surface area contributed by atoms with Gasteiger partial charge in [0.15, 0.2) is 11.9 Å². The van der Waals surface area contributed by atoms with Crippen molar-refractivity contribution in [3.8, 4) is 0 Å². The van der Waals surface area contributed by atoms with Crippen LogP contribution in [0.3, 0.4) is 0 Å². The van der Waals surface area contributed by atoms with E-state index < -0.39 is 29.9 Å². The SMILES string of the molecule is C[C@H]1[C@H](OC(=O)CCC(=O)NCC2CCCCC2)O[C@@H]2OC3(C)CC[C@H]4[C@H](C)CC[C@@H]1C24OO3. The number of fused-ring (bicyclic) bond motifs is 2. The van der Waals surface area contributed by atoms with Gasteiger partial charge in [0.25, 0.3) is 0 Å². The van der Waals surface area contributed by atoms with Gasteiger partial charge in [0.05, 0.1) is 6.42 Å². The minimum absolute atomic E-state index is 0.0431. The first-order chi connectivity index (χ1) is 16.3. The molecule has 34 heavy (non-hydrogen) atoms. The third-order valence-electron chi connectivity index (χ3n) is 9.21. The van der Waals surface area contributed by atoms with E-state index in [0.29, 0.717) is 18.4 Å². The lowest BCUT2D eigenvalue weighted by molar-refractivity contribution is -0.576. The van der Waals surface area contributed by atoms with Gasteiger partial charge in [-0.1, -0.05) is 33.1 Å². The maximum Gasteiger partial charge on any atom is 0.308 e. The van der Waals surface area contributed by atoms with Crippen LogP contribution in [-0.4, -0.2) is 42.4 Å². The average Bonchev–Trinajstić information content (AvgIpc) is 3.06. The number of hydrogen-bond donors (Lipinski definition) is 1. The van der Waals surface area contributed by atoms with Crippen LogP contribution in [0, 0.1) is 29.6 Å². The van der Waals surface area contributed by atoms with E-state index >= 15 is 0 Å². The Morgan fingerprint density at radius 1 is 0.971 bits per heavy atom. The van der Waals surface area contributed by atoms with Gasteiger partial charge in [0, 0.05) is 31.2 Å². The molecule has 2 aliphatic carbocycles. The summed E-state index contributed by atoms with van der Waals surface area (Å²) in [5, 5.41) is 2.99. The molecule has 0 aromatic heterocycles. The van der Waals surface area contributed by atoms with Crippen molar-refractivity contribution >= 4 is 11.9 Å². The van der Waals surface area contributed by atoms with Crippen LogP contribution in [0.15, 0.2) is 0 Å². The topological polar surface area (TPSA) is 92.3 Å². The summed E-state index contributed by atoms with van der Waals surface area (Å²) in [6.07, 6.45) is 8.70. The molecule has 1 N–H and O–H groups in total. The van der Waals surface area contributed by atoms with Crippen molar-refractivity contribution in [1.82, 2.24) is 5.32 Å². The molecule has 2 saturated carbocycles. The van der Waals surface area contributed by atoms with Gasteiger partial charge in [0.2, 0.25) is 18.0 Å². The molecule has 2 unspecified atom stereocenters. The van der Waals surface area contributed by atoms with Crippen molar-refractivity contribution in [2.45, 2.75) is 115 Å². The van der Waals surface area contributed by atoms with E-state index in [-0.39, 0.29) is 36.5 Å². The third kappa shape index (κ3) is 4.51. The van der Waals surface area contributed by atoms with E-state index in [1.807, 2.05) is 6.92 Å². The maximum atomic E-state index is 12.7. The van der Waals surface area contributed by atoms with Crippen LogP contribution >= 0.6 is 0 Å². The second kappa shape index (κ2) is 9.68. The Morgan fingerprint density at radius 2 is 1.76 bits per heavy atom. The molecule has 4 heterocycles. The number of hydrogen-bond acceptors (Lipinski definition) is 7. The molecule has 8 atom stereocenters. The lowest BCUT2D eigenvalue weighted by Gasteiger charge is -2.59. The second-order valence-corrected chi connectivity index (χ2v) is 11.6. The summed E-state index contributed by atoms with van der Waals surface area (Å²) in [4.78, 5) is 36.9. The first kappa shape index (κ1) is 24.5. The Labute approximate surface area is 202 Å². The highest BCUT2D eigenvalue weighted by atomic mass is 17.3. The van der Waals surface area contributed by atoms with Crippen molar-refractivity contribution in [2.24, 2.45) is 29.6 Å². The molecule has 1 amide bonds. The molecule has 4 aliphatic heterocycles. The van der Waals surface area contributed by atoms with Crippen molar-refractivity contribution in [3.63, 3.8) is 0 Å². The molecule has 1 spiro atoms. The van der Waals surface area contributed by atoms with Crippen LogP contribution in [0.2, 0.25) is 0 Å². The van der Waals surface area contributed by atoms with Crippen LogP contribution in [0.4, 0.5) is 0 Å². The number of esters is 1. The Balaban J connectivity index is 1.18. The zero-order valence-corrected chi connectivity index (χ0v) is 20.9. The molecule has 6 rings (SSSR count). The normalized spacial score (nSPS) is 44.1. The molecule has 6 fully saturated rings. The smallest absolute Gasteiger partial charge is 0.308 e. The van der Waals surface area contributed by atoms with Crippen LogP contribution in [0.25, 0.3) is 0 Å². The fourth-order valence-electron chi connectivity index (χ4n) is 7.15. The van der Waals surface area contributed by atoms with E-state index in [9.17, 15) is 9.59 Å². The average molecular weight is 480 g/mol. The fraction of sp³-hybridized carbons (Fsp3) is 0.923. The van der Waals surface area contributed by atoms with E-state index in [1.165, 1.54) is 32.1 Å². The molecule has 0 aromatic carbocycles. The highest BCUT2D eigenvalue weighted by Gasteiger charge is 2.69. The van der Waals surface area contributed by atoms with Gasteiger partial charge in [-0.05, 0) is 56.8 Å². The first-order valence-corrected chi connectivity index (χ1v) is 13.5. The van der Waals surface area contributed by atoms with Gasteiger partial charge < -0.3 is 19.5 Å². The molecule has 0 aromatic rings. The summed E-state index contributed by atoms with van der Waals surface area (Å²) >= 11 is 0. The van der Waals surface area contributed by atoms with E-state index in [0.717, 1.165) is 25.7 Å². The summed E-state index contributed by atoms with van der Waals surface area (Å²) in [5.74, 6) is -0.00556. The summed E-state index contributed by atoms with van der Waals surface area (Å²) in [7, 11) is 0. The lowest BCUT2D eigenvalue weighted by Crippen LogP contribution is -2.70. The van der Waals surface area contributed by atoms with Gasteiger partial charge in [-0.25, -0.2) is 9.78 Å². The van der Waals surface area contributed by atoms with Gasteiger partial charge in [-0.15, -0.1) is 0 Å². The quantitative estimate of drug-likeness (QED) is 0.450. The predicted molar refractivity (Wildman–Crippen MR) is 122 cm³/mol. The Kier molecular flexibility index (Phi) is 6.97. The first-order valence-electron chi connectivity index (χ1n) is 13.5. The highest BCUT2D eigenvalue weighted by Crippen LogP contribution is 2.60. The van der Waals surface area contributed by atoms with Crippen LogP contribution in [0.1, 0.15) is 91.4 Å². The fourth-order valence-corrected chi connectivity index (χ4v) is 7.15. The number of amides is 1. The largest absolute Gasteiger partial charge is 0.435 e. The Hall–Kier alpha value is -1.22. The van der Waals surface area contributed by atoms with E-state index in [1.54, 1.807) is 0 Å². The van der Waals surface area contributed by atoms with Gasteiger partial charge in [-0.2, -0.15) is 0 Å². The minimum Gasteiger partial charge on any atom is -0.435 e. The maximum absolute atomic E-state index is 12.7. The van der Waals surface area contributed by atoms with Crippen molar-refractivity contribution in [1.29, 1.82) is 0 Å². The summed E-state index contributed by atoms with van der Waals surface area (Å²) in [5.41, 5.74) is -0.672. The molecule has 0 radical (unpaired) electrons. The van der Waals surface area contributed by atoms with Crippen LogP contribution in [0.5, 0.6) is 0 Å². The van der Waals surface area contributed by atoms with Crippen molar-refractivity contribution in [3.05, 3.63) is 0 Å². The summed E-state index contributed by atoms with van der Waals surface area (Å²) < 4.78 is 18.4. The molecular weight excluding hydrogens is 438 g/mol. The minimum atomic E-state index is -0.858. The predicted octanol–water partition coefficient (Wildman–Crippen LogP) is 4.21. The number of carbonyl (C=O) groups is 2. The zero-order valence-electron chi connectivity index (χ0n) is 20.9. The number of ether oxygens (including phenoxy) is 3. The highest BCUT2D eigenvalue weighted by molar-refractivity contribution is 5.81. The molecule has 2 bridgehead atoms. The molecule has 192 valence electrons. The Bertz CT molecular complexity index is 770. The van der Waals surface area contributed by atoms with Crippen LogP contribution in [-0.2, 0) is 33.6 Å². The zero-order chi connectivity index (χ0) is 23.9. The number of carbonyl (C=O) groups excluding carboxylic acids is 2. The second-order valence-electron chi connectivity index (χ2n) is 11.6. The molecule has 8 heteroatoms. The van der Waals surface area contributed by atoms with Crippen molar-refractivity contribution < 1.29 is 33.6 Å². The Morgan fingerprint density at radius 3 is 2.56 bits per heavy atom. The van der Waals surface area contributed by atoms with Gasteiger partial charge in [0.1, 0.15) is 0 Å². The molecule has 4 saturated heterocycles. The number of rotatable bonds is 6. The van der Waals surface area contributed by atoms with Crippen LogP contribution < -0.4 is 5.32 Å². The van der Waals surface area contributed by atoms with E-state index in [2.05, 4.69) is 19.2 Å². The van der Waals surface area contributed by atoms with Gasteiger partial charge in [-0.3, -0.25) is 9.59 Å². The number of nitrogens with one attached hydrogen (secondary N) is 1. The molecular formula is C26H41NO7. The van der Waals surface area contributed by atoms with Gasteiger partial charge >= 0.3 is 5.97 Å². The molecule has 6 aliphatic rings. The third-order valence-corrected chi connectivity index (χ3v) is 9.21. The molecule has 8 nitrogen and oxygen atoms in total. The standard InChI is InChI=1S/C26H41NO7/c1-16-9-10-20-17(2)23(31-24-26(20)19(16)13-14-25(3,32-24)33-34-26)30-22(29)12-11-21(28)27-15-18-7-5-4-6-8-18/h16-20,23-24H,4-15H2,1-3H3,(H,27,28)/t16-,17-,19+,20+,23-,24-,25?,26?/m1/s1. The summed E-state index contributed by atoms with van der Waals surface area (Å²) in [6, 6.07) is 0. The van der Waals surface area contributed by atoms with E-state index in [4.69, 9.17) is 24.0 Å². The van der Waals surface area contributed by atoms with Crippen molar-refractivity contribution in [2.75, 3.05) is 6.54 Å². The summed E-state index contributed by atoms with van der Waals surface area (Å²) in [6.45, 7) is 6.91.